The lowest BCUT2D eigenvalue weighted by Crippen LogP contribution is -2.26. The maximum absolute atomic E-state index is 10.8. The second kappa shape index (κ2) is 5.38. The van der Waals surface area contributed by atoms with Crippen molar-refractivity contribution in [3.8, 4) is 5.75 Å². The van der Waals surface area contributed by atoms with Crippen LogP contribution in [0, 0.1) is 5.41 Å². The van der Waals surface area contributed by atoms with Gasteiger partial charge in [0.1, 0.15) is 11.3 Å². The van der Waals surface area contributed by atoms with Crippen LogP contribution >= 0.6 is 12.4 Å². The molecule has 0 radical (unpaired) electrons. The van der Waals surface area contributed by atoms with E-state index >= 15 is 0 Å². The lowest BCUT2D eigenvalue weighted by molar-refractivity contribution is 0.0693. The molecule has 0 aromatic heterocycles. The minimum atomic E-state index is -1.15. The quantitative estimate of drug-likeness (QED) is 0.762. The minimum absolute atomic E-state index is 0. The number of hydrogen-bond donors (Lipinski definition) is 3. The number of carboxylic acid groups (broad SMARTS) is 1. The predicted molar refractivity (Wildman–Crippen MR) is 68.7 cm³/mol. The molecule has 1 atom stereocenters. The third-order valence-corrected chi connectivity index (χ3v) is 2.54. The van der Waals surface area contributed by atoms with E-state index in [1.165, 1.54) is 12.1 Å². The largest absolute Gasteiger partial charge is 0.507 e. The van der Waals surface area contributed by atoms with Crippen molar-refractivity contribution in [1.82, 2.24) is 0 Å². The van der Waals surface area contributed by atoms with Crippen molar-refractivity contribution in [2.75, 3.05) is 0 Å². The van der Waals surface area contributed by atoms with E-state index in [4.69, 9.17) is 10.8 Å². The fourth-order valence-corrected chi connectivity index (χ4v) is 1.42. The number of carboxylic acids is 1. The summed E-state index contributed by atoms with van der Waals surface area (Å²) in [6.07, 6.45) is 0. The predicted octanol–water partition coefficient (Wildman–Crippen LogP) is 2.56. The van der Waals surface area contributed by atoms with Crippen molar-refractivity contribution in [2.24, 2.45) is 11.1 Å². The second-order valence-electron chi connectivity index (χ2n) is 4.93. The smallest absolute Gasteiger partial charge is 0.339 e. The minimum Gasteiger partial charge on any atom is -0.507 e. The highest BCUT2D eigenvalue weighted by Crippen LogP contribution is 2.32. The molecule has 0 fully saturated rings. The van der Waals surface area contributed by atoms with Crippen molar-refractivity contribution in [3.63, 3.8) is 0 Å². The van der Waals surface area contributed by atoms with Crippen LogP contribution in [0.3, 0.4) is 0 Å². The zero-order valence-corrected chi connectivity index (χ0v) is 10.9. The van der Waals surface area contributed by atoms with Crippen LogP contribution < -0.4 is 5.73 Å². The van der Waals surface area contributed by atoms with Crippen molar-refractivity contribution < 1.29 is 15.0 Å². The van der Waals surface area contributed by atoms with Gasteiger partial charge in [0.15, 0.2) is 0 Å². The van der Waals surface area contributed by atoms with Crippen molar-refractivity contribution in [2.45, 2.75) is 26.8 Å². The lowest BCUT2D eigenvalue weighted by Gasteiger charge is -2.27. The summed E-state index contributed by atoms with van der Waals surface area (Å²) in [5.41, 5.74) is 6.45. The summed E-state index contributed by atoms with van der Waals surface area (Å²) in [5.74, 6) is -1.39. The highest BCUT2D eigenvalue weighted by Gasteiger charge is 2.23. The molecule has 0 saturated carbocycles. The third-order valence-electron chi connectivity index (χ3n) is 2.54. The maximum atomic E-state index is 10.8. The van der Waals surface area contributed by atoms with E-state index in [0.29, 0.717) is 5.56 Å². The molecule has 0 spiro atoms. The monoisotopic (exact) mass is 259 g/mol. The van der Waals surface area contributed by atoms with E-state index in [0.717, 1.165) is 0 Å². The van der Waals surface area contributed by atoms with Gasteiger partial charge in [0, 0.05) is 6.04 Å². The Hall–Kier alpha value is -1.26. The zero-order chi connectivity index (χ0) is 12.5. The van der Waals surface area contributed by atoms with Crippen LogP contribution in [0.4, 0.5) is 0 Å². The van der Waals surface area contributed by atoms with E-state index in [1.807, 2.05) is 20.8 Å². The Balaban J connectivity index is 0.00000256. The number of aromatic carboxylic acids is 1. The van der Waals surface area contributed by atoms with E-state index in [2.05, 4.69) is 0 Å². The van der Waals surface area contributed by atoms with Gasteiger partial charge >= 0.3 is 5.97 Å². The summed E-state index contributed by atoms with van der Waals surface area (Å²) >= 11 is 0. The molecular weight excluding hydrogens is 242 g/mol. The molecule has 17 heavy (non-hydrogen) atoms. The SMILES string of the molecule is CC(C)(C)[C@H](N)c1ccc(O)c(C(=O)O)c1.Cl. The molecule has 1 aromatic carbocycles. The van der Waals surface area contributed by atoms with Crippen LogP contribution in [0.2, 0.25) is 0 Å². The van der Waals surface area contributed by atoms with E-state index < -0.39 is 5.97 Å². The fraction of sp³-hybridized carbons (Fsp3) is 0.417. The Morgan fingerprint density at radius 2 is 1.88 bits per heavy atom. The molecule has 1 aromatic rings. The van der Waals surface area contributed by atoms with Gasteiger partial charge in [-0.2, -0.15) is 0 Å². The van der Waals surface area contributed by atoms with Gasteiger partial charge in [0.05, 0.1) is 0 Å². The summed E-state index contributed by atoms with van der Waals surface area (Å²) in [6, 6.07) is 4.17. The highest BCUT2D eigenvalue weighted by molar-refractivity contribution is 5.91. The molecule has 0 aliphatic carbocycles. The lowest BCUT2D eigenvalue weighted by atomic mass is 9.82. The molecule has 0 heterocycles. The molecule has 1 rings (SSSR count). The molecule has 96 valence electrons. The Kier molecular flexibility index (Phi) is 4.98. The molecule has 4 nitrogen and oxygen atoms in total. The highest BCUT2D eigenvalue weighted by atomic mass is 35.5. The Bertz CT molecular complexity index is 413. The van der Waals surface area contributed by atoms with Gasteiger partial charge in [-0.1, -0.05) is 26.8 Å². The van der Waals surface area contributed by atoms with Crippen LogP contribution in [0.15, 0.2) is 18.2 Å². The molecule has 0 amide bonds. The number of halogens is 1. The molecule has 0 unspecified atom stereocenters. The third kappa shape index (κ3) is 3.61. The summed E-state index contributed by atoms with van der Waals surface area (Å²) in [7, 11) is 0. The molecule has 5 heteroatoms. The Morgan fingerprint density at radius 1 is 1.35 bits per heavy atom. The molecule has 0 aliphatic rings. The summed E-state index contributed by atoms with van der Waals surface area (Å²) in [6.45, 7) is 5.93. The van der Waals surface area contributed by atoms with Crippen LogP contribution in [-0.4, -0.2) is 16.2 Å². The number of hydrogen-bond acceptors (Lipinski definition) is 3. The van der Waals surface area contributed by atoms with Crippen LogP contribution in [0.25, 0.3) is 0 Å². The van der Waals surface area contributed by atoms with Crippen LogP contribution in [-0.2, 0) is 0 Å². The average molecular weight is 260 g/mol. The van der Waals surface area contributed by atoms with Crippen molar-refractivity contribution in [3.05, 3.63) is 29.3 Å². The van der Waals surface area contributed by atoms with Crippen LogP contribution in [0.5, 0.6) is 5.75 Å². The van der Waals surface area contributed by atoms with E-state index in [9.17, 15) is 9.90 Å². The fourth-order valence-electron chi connectivity index (χ4n) is 1.42. The Labute approximate surface area is 107 Å². The number of nitrogens with two attached hydrogens (primary N) is 1. The molecule has 0 bridgehead atoms. The van der Waals surface area contributed by atoms with Gasteiger partial charge in [-0.05, 0) is 23.1 Å². The standard InChI is InChI=1S/C12H17NO3.ClH/c1-12(2,3)10(13)7-4-5-9(14)8(6-7)11(15)16;/h4-6,10,14H,13H2,1-3H3,(H,15,16);1H/t10-;/m1./s1. The molecule has 0 aliphatic heterocycles. The van der Waals surface area contributed by atoms with Crippen molar-refractivity contribution >= 4 is 18.4 Å². The molecule has 4 N–H and O–H groups in total. The summed E-state index contributed by atoms with van der Waals surface area (Å²) < 4.78 is 0. The van der Waals surface area contributed by atoms with Gasteiger partial charge < -0.3 is 15.9 Å². The Morgan fingerprint density at radius 3 is 2.29 bits per heavy atom. The number of aromatic hydroxyl groups is 1. The number of benzene rings is 1. The van der Waals surface area contributed by atoms with Gasteiger partial charge in [-0.25, -0.2) is 4.79 Å². The zero-order valence-electron chi connectivity index (χ0n) is 10.1. The van der Waals surface area contributed by atoms with E-state index in [-0.39, 0.29) is 35.2 Å². The van der Waals surface area contributed by atoms with Crippen LogP contribution in [0.1, 0.15) is 42.7 Å². The van der Waals surface area contributed by atoms with Gasteiger partial charge in [0.2, 0.25) is 0 Å². The van der Waals surface area contributed by atoms with Crippen molar-refractivity contribution in [1.29, 1.82) is 0 Å². The first-order valence-corrected chi connectivity index (χ1v) is 5.05. The van der Waals surface area contributed by atoms with E-state index in [1.54, 1.807) is 6.07 Å². The van der Waals surface area contributed by atoms with Gasteiger partial charge in [0.25, 0.3) is 0 Å². The summed E-state index contributed by atoms with van der Waals surface area (Å²) in [4.78, 5) is 10.8. The van der Waals surface area contributed by atoms with Gasteiger partial charge in [-0.15, -0.1) is 12.4 Å². The normalized spacial score (nSPS) is 12.7. The first kappa shape index (κ1) is 15.7. The first-order valence-electron chi connectivity index (χ1n) is 5.05. The number of rotatable bonds is 2. The number of phenols is 1. The van der Waals surface area contributed by atoms with Gasteiger partial charge in [-0.3, -0.25) is 0 Å². The molecule has 0 saturated heterocycles. The average Bonchev–Trinajstić information content (AvgIpc) is 2.15. The molecular formula is C12H18ClNO3. The topological polar surface area (TPSA) is 83.5 Å². The second-order valence-corrected chi connectivity index (χ2v) is 4.93. The number of carbonyl (C=O) groups is 1. The first-order chi connectivity index (χ1) is 7.23. The maximum Gasteiger partial charge on any atom is 0.339 e. The summed E-state index contributed by atoms with van der Waals surface area (Å²) in [5, 5.41) is 18.2.